The number of nitrogens with one attached hydrogen (secondary N) is 2. The molecule has 0 aliphatic rings. The number of ether oxygens (including phenoxy) is 1. The standard InChI is InChI=1S/C23H20N4O4S/c1-15-6-4-7-16(12-15)30-13-20(28)26-27-22(29)21-18(14-32-23-24-10-5-11-25-23)17-8-2-3-9-19(17)31-21/h2-12H,13-14H2,1H3,(H,26,28)(H,27,29). The smallest absolute Gasteiger partial charge is 0.305 e. The number of nitrogens with zero attached hydrogens (tertiary/aromatic N) is 2. The maximum Gasteiger partial charge on any atom is 0.305 e. The molecule has 0 aliphatic carbocycles. The highest BCUT2D eigenvalue weighted by atomic mass is 32.2. The minimum Gasteiger partial charge on any atom is -0.484 e. The normalized spacial score (nSPS) is 10.7. The van der Waals surface area contributed by atoms with Crippen molar-refractivity contribution in [2.45, 2.75) is 17.8 Å². The van der Waals surface area contributed by atoms with Gasteiger partial charge < -0.3 is 9.15 Å². The van der Waals surface area contributed by atoms with Crippen molar-refractivity contribution in [2.24, 2.45) is 0 Å². The molecular formula is C23H20N4O4S. The summed E-state index contributed by atoms with van der Waals surface area (Å²) < 4.78 is 11.2. The highest BCUT2D eigenvalue weighted by Crippen LogP contribution is 2.30. The number of aryl methyl sites for hydroxylation is 1. The lowest BCUT2D eigenvalue weighted by Gasteiger charge is -2.09. The van der Waals surface area contributed by atoms with E-state index < -0.39 is 11.8 Å². The van der Waals surface area contributed by atoms with Crippen molar-refractivity contribution in [3.63, 3.8) is 0 Å². The molecule has 162 valence electrons. The van der Waals surface area contributed by atoms with Crippen LogP contribution in [0.25, 0.3) is 11.0 Å². The number of hydrogen-bond donors (Lipinski definition) is 2. The average Bonchev–Trinajstić information content (AvgIpc) is 3.19. The van der Waals surface area contributed by atoms with Gasteiger partial charge in [-0.1, -0.05) is 42.1 Å². The number of furan rings is 1. The first-order valence-electron chi connectivity index (χ1n) is 9.79. The van der Waals surface area contributed by atoms with Crippen LogP contribution < -0.4 is 15.6 Å². The molecule has 0 aliphatic heterocycles. The number of carbonyl (C=O) groups is 2. The second-order valence-electron chi connectivity index (χ2n) is 6.83. The van der Waals surface area contributed by atoms with E-state index >= 15 is 0 Å². The van der Waals surface area contributed by atoms with Crippen LogP contribution >= 0.6 is 11.8 Å². The quantitative estimate of drug-likeness (QED) is 0.252. The van der Waals surface area contributed by atoms with Gasteiger partial charge in [0.05, 0.1) is 0 Å². The summed E-state index contributed by atoms with van der Waals surface area (Å²) in [5.74, 6) is 0.0637. The van der Waals surface area contributed by atoms with Crippen LogP contribution in [-0.2, 0) is 10.5 Å². The van der Waals surface area contributed by atoms with Gasteiger partial charge in [0.25, 0.3) is 5.91 Å². The van der Waals surface area contributed by atoms with Crippen molar-refractivity contribution in [2.75, 3.05) is 6.61 Å². The van der Waals surface area contributed by atoms with Crippen molar-refractivity contribution < 1.29 is 18.7 Å². The molecule has 0 spiro atoms. The summed E-state index contributed by atoms with van der Waals surface area (Å²) in [4.78, 5) is 33.3. The van der Waals surface area contributed by atoms with Crippen molar-refractivity contribution in [3.8, 4) is 5.75 Å². The summed E-state index contributed by atoms with van der Waals surface area (Å²) in [6.45, 7) is 1.69. The largest absolute Gasteiger partial charge is 0.484 e. The molecule has 2 aromatic heterocycles. The predicted molar refractivity (Wildman–Crippen MR) is 120 cm³/mol. The van der Waals surface area contributed by atoms with Gasteiger partial charge in [-0.15, -0.1) is 0 Å². The summed E-state index contributed by atoms with van der Waals surface area (Å²) in [6.07, 6.45) is 3.32. The summed E-state index contributed by atoms with van der Waals surface area (Å²) in [7, 11) is 0. The second-order valence-corrected chi connectivity index (χ2v) is 7.78. The van der Waals surface area contributed by atoms with Crippen LogP contribution in [0.5, 0.6) is 5.75 Å². The molecule has 0 atom stereocenters. The van der Waals surface area contributed by atoms with Gasteiger partial charge in [-0.2, -0.15) is 0 Å². The van der Waals surface area contributed by atoms with Crippen LogP contribution in [0.2, 0.25) is 0 Å². The Kier molecular flexibility index (Phi) is 6.66. The number of hydrogen-bond acceptors (Lipinski definition) is 7. The lowest BCUT2D eigenvalue weighted by atomic mass is 10.1. The van der Waals surface area contributed by atoms with Crippen molar-refractivity contribution in [1.82, 2.24) is 20.8 Å². The number of benzene rings is 2. The van der Waals surface area contributed by atoms with E-state index in [0.29, 0.717) is 27.8 Å². The lowest BCUT2D eigenvalue weighted by molar-refractivity contribution is -0.123. The third-order valence-electron chi connectivity index (χ3n) is 4.47. The maximum absolute atomic E-state index is 12.8. The first-order chi connectivity index (χ1) is 15.6. The Bertz CT molecular complexity index is 1240. The molecule has 2 aromatic carbocycles. The Labute approximate surface area is 188 Å². The third kappa shape index (κ3) is 5.25. The van der Waals surface area contributed by atoms with Crippen LogP contribution in [0, 0.1) is 6.92 Å². The summed E-state index contributed by atoms with van der Waals surface area (Å²) in [5, 5.41) is 1.40. The third-order valence-corrected chi connectivity index (χ3v) is 5.37. The van der Waals surface area contributed by atoms with Gasteiger partial charge in [0.2, 0.25) is 0 Å². The van der Waals surface area contributed by atoms with Gasteiger partial charge in [-0.25, -0.2) is 9.97 Å². The van der Waals surface area contributed by atoms with Gasteiger partial charge in [0, 0.05) is 29.1 Å². The molecule has 0 fully saturated rings. The fourth-order valence-corrected chi connectivity index (χ4v) is 3.83. The Morgan fingerprint density at radius 2 is 1.84 bits per heavy atom. The van der Waals surface area contributed by atoms with E-state index in [0.717, 1.165) is 10.9 Å². The predicted octanol–water partition coefficient (Wildman–Crippen LogP) is 3.66. The Morgan fingerprint density at radius 3 is 2.66 bits per heavy atom. The van der Waals surface area contributed by atoms with Crippen molar-refractivity contribution in [3.05, 3.63) is 83.9 Å². The van der Waals surface area contributed by atoms with Crippen molar-refractivity contribution >= 4 is 34.5 Å². The number of amides is 2. The first kappa shape index (κ1) is 21.4. The molecule has 4 rings (SSSR count). The fraction of sp³-hybridized carbons (Fsp3) is 0.130. The highest BCUT2D eigenvalue weighted by Gasteiger charge is 2.21. The van der Waals surface area contributed by atoms with Gasteiger partial charge >= 0.3 is 5.91 Å². The lowest BCUT2D eigenvalue weighted by Crippen LogP contribution is -2.44. The summed E-state index contributed by atoms with van der Waals surface area (Å²) in [6, 6.07) is 16.5. The number of thioether (sulfide) groups is 1. The number of rotatable bonds is 7. The second kappa shape index (κ2) is 9.97. The zero-order valence-corrected chi connectivity index (χ0v) is 18.0. The van der Waals surface area contributed by atoms with Gasteiger partial charge in [-0.3, -0.25) is 20.4 Å². The van der Waals surface area contributed by atoms with E-state index in [1.165, 1.54) is 11.8 Å². The molecule has 2 heterocycles. The van der Waals surface area contributed by atoms with Crippen molar-refractivity contribution in [1.29, 1.82) is 0 Å². The molecule has 0 radical (unpaired) electrons. The van der Waals surface area contributed by atoms with Crippen LogP contribution in [0.3, 0.4) is 0 Å². The molecule has 4 aromatic rings. The SMILES string of the molecule is Cc1cccc(OCC(=O)NNC(=O)c2oc3ccccc3c2CSc2ncccn2)c1. The molecule has 0 saturated heterocycles. The van der Waals surface area contributed by atoms with E-state index in [-0.39, 0.29) is 12.4 Å². The number of para-hydroxylation sites is 1. The summed E-state index contributed by atoms with van der Waals surface area (Å²) in [5.41, 5.74) is 7.05. The zero-order chi connectivity index (χ0) is 22.3. The monoisotopic (exact) mass is 448 g/mol. The molecule has 0 unspecified atom stereocenters. The van der Waals surface area contributed by atoms with E-state index in [2.05, 4.69) is 20.8 Å². The van der Waals surface area contributed by atoms with Gasteiger partial charge in [-0.05, 0) is 36.8 Å². The Morgan fingerprint density at radius 1 is 1.03 bits per heavy atom. The minimum atomic E-state index is -0.560. The Balaban J connectivity index is 1.41. The molecule has 8 nitrogen and oxygen atoms in total. The molecule has 32 heavy (non-hydrogen) atoms. The maximum atomic E-state index is 12.8. The van der Waals surface area contributed by atoms with Crippen LogP contribution in [0.4, 0.5) is 0 Å². The number of hydrazine groups is 1. The number of aromatic nitrogens is 2. The van der Waals surface area contributed by atoms with Gasteiger partial charge in [0.15, 0.2) is 17.5 Å². The van der Waals surface area contributed by atoms with Crippen LogP contribution in [-0.4, -0.2) is 28.4 Å². The zero-order valence-electron chi connectivity index (χ0n) is 17.2. The van der Waals surface area contributed by atoms with E-state index in [4.69, 9.17) is 9.15 Å². The molecule has 2 N–H and O–H groups in total. The fourth-order valence-electron chi connectivity index (χ4n) is 3.00. The van der Waals surface area contributed by atoms with E-state index in [1.54, 1.807) is 30.6 Å². The minimum absolute atomic E-state index is 0.120. The van der Waals surface area contributed by atoms with Crippen LogP contribution in [0.1, 0.15) is 21.7 Å². The molecular weight excluding hydrogens is 428 g/mol. The topological polar surface area (TPSA) is 106 Å². The number of carbonyl (C=O) groups excluding carboxylic acids is 2. The first-order valence-corrected chi connectivity index (χ1v) is 10.8. The summed E-state index contributed by atoms with van der Waals surface area (Å²) >= 11 is 1.39. The van der Waals surface area contributed by atoms with E-state index in [9.17, 15) is 9.59 Å². The molecule has 2 amide bonds. The average molecular weight is 449 g/mol. The van der Waals surface area contributed by atoms with Gasteiger partial charge in [0.1, 0.15) is 11.3 Å². The molecule has 9 heteroatoms. The van der Waals surface area contributed by atoms with E-state index in [1.807, 2.05) is 43.3 Å². The molecule has 0 saturated carbocycles. The Hall–Kier alpha value is -3.85. The van der Waals surface area contributed by atoms with Crippen LogP contribution in [0.15, 0.2) is 76.6 Å². The number of fused-ring (bicyclic) bond motifs is 1. The highest BCUT2D eigenvalue weighted by molar-refractivity contribution is 7.98. The molecule has 0 bridgehead atoms.